The molecule has 0 radical (unpaired) electrons. The highest BCUT2D eigenvalue weighted by atomic mass is 32.1. The lowest BCUT2D eigenvalue weighted by Gasteiger charge is -2.17. The summed E-state index contributed by atoms with van der Waals surface area (Å²) < 4.78 is 14.5. The number of hydrogen-bond donors (Lipinski definition) is 1. The molecule has 3 aromatic rings. The Bertz CT molecular complexity index is 733. The first kappa shape index (κ1) is 14.2. The first-order valence-electron chi connectivity index (χ1n) is 6.95. The highest BCUT2D eigenvalue weighted by molar-refractivity contribution is 7.18. The minimum Gasteiger partial charge on any atom is -0.313 e. The van der Waals surface area contributed by atoms with Crippen molar-refractivity contribution in [3.8, 4) is 0 Å². The first-order chi connectivity index (χ1) is 10.2. The number of rotatable bonds is 4. The third-order valence-electron chi connectivity index (χ3n) is 3.67. The van der Waals surface area contributed by atoms with Gasteiger partial charge in [-0.2, -0.15) is 0 Å². The van der Waals surface area contributed by atoms with Crippen LogP contribution in [0.25, 0.3) is 10.2 Å². The molecule has 1 heterocycles. The van der Waals surface area contributed by atoms with Crippen molar-refractivity contribution in [2.75, 3.05) is 7.05 Å². The van der Waals surface area contributed by atoms with Gasteiger partial charge in [-0.1, -0.05) is 18.2 Å². The van der Waals surface area contributed by atoms with Gasteiger partial charge in [0.25, 0.3) is 0 Å². The Kier molecular flexibility index (Phi) is 3.99. The Morgan fingerprint density at radius 1 is 1.24 bits per heavy atom. The fraction of sp³-hybridized carbons (Fsp3) is 0.235. The van der Waals surface area contributed by atoms with E-state index in [9.17, 15) is 4.39 Å². The smallest absolute Gasteiger partial charge is 0.123 e. The summed E-state index contributed by atoms with van der Waals surface area (Å²) in [5, 5.41) is 4.41. The normalized spacial score (nSPS) is 12.7. The predicted molar refractivity (Wildman–Crippen MR) is 86.3 cm³/mol. The van der Waals surface area contributed by atoms with Crippen molar-refractivity contribution in [1.82, 2.24) is 10.3 Å². The van der Waals surface area contributed by atoms with Crippen LogP contribution in [-0.2, 0) is 6.42 Å². The zero-order valence-corrected chi connectivity index (χ0v) is 12.9. The van der Waals surface area contributed by atoms with E-state index in [1.54, 1.807) is 17.4 Å². The lowest BCUT2D eigenvalue weighted by molar-refractivity contribution is 0.581. The van der Waals surface area contributed by atoms with Crippen LogP contribution < -0.4 is 5.32 Å². The fourth-order valence-electron chi connectivity index (χ4n) is 2.58. The minimum atomic E-state index is -0.189. The van der Waals surface area contributed by atoms with E-state index >= 15 is 0 Å². The largest absolute Gasteiger partial charge is 0.313 e. The zero-order chi connectivity index (χ0) is 14.8. The van der Waals surface area contributed by atoms with E-state index in [0.29, 0.717) is 0 Å². The van der Waals surface area contributed by atoms with E-state index in [1.807, 2.05) is 38.2 Å². The van der Waals surface area contributed by atoms with Gasteiger partial charge in [-0.25, -0.2) is 9.37 Å². The second kappa shape index (κ2) is 5.92. The number of thiazole rings is 1. The van der Waals surface area contributed by atoms with Crippen molar-refractivity contribution >= 4 is 21.6 Å². The van der Waals surface area contributed by atoms with Crippen molar-refractivity contribution in [3.05, 3.63) is 64.4 Å². The van der Waals surface area contributed by atoms with E-state index in [2.05, 4.69) is 16.4 Å². The molecule has 0 saturated heterocycles. The third kappa shape index (κ3) is 2.96. The van der Waals surface area contributed by atoms with Gasteiger partial charge in [0, 0.05) is 12.5 Å². The molecule has 0 fully saturated rings. The van der Waals surface area contributed by atoms with Crippen molar-refractivity contribution in [1.29, 1.82) is 0 Å². The summed E-state index contributed by atoms with van der Waals surface area (Å²) in [4.78, 5) is 4.68. The number of nitrogens with zero attached hydrogens (tertiary/aromatic N) is 1. The Morgan fingerprint density at radius 3 is 2.76 bits per heavy atom. The average Bonchev–Trinajstić information content (AvgIpc) is 2.87. The Balaban J connectivity index is 1.90. The second-order valence-electron chi connectivity index (χ2n) is 5.12. The van der Waals surface area contributed by atoms with Gasteiger partial charge in [-0.05, 0) is 49.4 Å². The maximum atomic E-state index is 13.3. The van der Waals surface area contributed by atoms with Crippen LogP contribution in [0.2, 0.25) is 0 Å². The maximum Gasteiger partial charge on any atom is 0.123 e. The van der Waals surface area contributed by atoms with Crippen molar-refractivity contribution in [3.63, 3.8) is 0 Å². The van der Waals surface area contributed by atoms with Gasteiger partial charge in [-0.3, -0.25) is 0 Å². The molecular formula is C17H17FN2S. The summed E-state index contributed by atoms with van der Waals surface area (Å²) in [6, 6.07) is 13.3. The van der Waals surface area contributed by atoms with Gasteiger partial charge in [0.1, 0.15) is 5.82 Å². The van der Waals surface area contributed by atoms with E-state index in [0.717, 1.165) is 28.1 Å². The molecule has 0 aliphatic carbocycles. The molecule has 0 amide bonds. The Hall–Kier alpha value is -1.78. The van der Waals surface area contributed by atoms with Crippen LogP contribution in [0.1, 0.15) is 22.2 Å². The highest BCUT2D eigenvalue weighted by Gasteiger charge is 2.15. The number of hydrogen-bond acceptors (Lipinski definition) is 3. The molecular weight excluding hydrogens is 283 g/mol. The van der Waals surface area contributed by atoms with Crippen molar-refractivity contribution < 1.29 is 4.39 Å². The number of aryl methyl sites for hydroxylation is 1. The molecule has 0 aliphatic heterocycles. The molecule has 3 rings (SSSR count). The molecule has 0 saturated carbocycles. The van der Waals surface area contributed by atoms with E-state index in [-0.39, 0.29) is 11.9 Å². The van der Waals surface area contributed by atoms with Crippen molar-refractivity contribution in [2.24, 2.45) is 0 Å². The minimum absolute atomic E-state index is 0.145. The molecule has 1 aromatic heterocycles. The fourth-order valence-corrected chi connectivity index (χ4v) is 3.59. The molecule has 4 heteroatoms. The van der Waals surface area contributed by atoms with Crippen LogP contribution in [0, 0.1) is 12.7 Å². The summed E-state index contributed by atoms with van der Waals surface area (Å²) in [6.45, 7) is 1.95. The summed E-state index contributed by atoms with van der Waals surface area (Å²) >= 11 is 1.72. The third-order valence-corrected chi connectivity index (χ3v) is 4.73. The quantitative estimate of drug-likeness (QED) is 0.779. The monoisotopic (exact) mass is 300 g/mol. The van der Waals surface area contributed by atoms with E-state index < -0.39 is 0 Å². The second-order valence-corrected chi connectivity index (χ2v) is 6.24. The van der Waals surface area contributed by atoms with Gasteiger partial charge in [0.15, 0.2) is 0 Å². The van der Waals surface area contributed by atoms with Gasteiger partial charge in [0.2, 0.25) is 0 Å². The molecule has 108 valence electrons. The number of fused-ring (bicyclic) bond motifs is 1. The van der Waals surface area contributed by atoms with Crippen LogP contribution in [-0.4, -0.2) is 12.0 Å². The molecule has 0 spiro atoms. The molecule has 1 unspecified atom stereocenters. The topological polar surface area (TPSA) is 24.9 Å². The summed E-state index contributed by atoms with van der Waals surface area (Å²) in [7, 11) is 1.93. The van der Waals surface area contributed by atoms with Crippen LogP contribution in [0.3, 0.4) is 0 Å². The van der Waals surface area contributed by atoms with E-state index in [4.69, 9.17) is 0 Å². The summed E-state index contributed by atoms with van der Waals surface area (Å²) in [5.74, 6) is -0.189. The number of halogens is 1. The summed E-state index contributed by atoms with van der Waals surface area (Å²) in [5.41, 5.74) is 3.14. The summed E-state index contributed by atoms with van der Waals surface area (Å²) in [6.07, 6.45) is 0.808. The number of aromatic nitrogens is 1. The molecule has 2 aromatic carbocycles. The molecule has 21 heavy (non-hydrogen) atoms. The zero-order valence-electron chi connectivity index (χ0n) is 12.1. The van der Waals surface area contributed by atoms with Gasteiger partial charge >= 0.3 is 0 Å². The molecule has 1 N–H and O–H groups in total. The lowest BCUT2D eigenvalue weighted by Crippen LogP contribution is -2.19. The molecule has 0 aliphatic rings. The molecule has 0 bridgehead atoms. The number of benzene rings is 2. The number of nitrogens with one attached hydrogen (secondary N) is 1. The average molecular weight is 300 g/mol. The predicted octanol–water partition coefficient (Wildman–Crippen LogP) is 4.25. The van der Waals surface area contributed by atoms with Crippen LogP contribution in [0.4, 0.5) is 4.39 Å². The Labute approximate surface area is 127 Å². The van der Waals surface area contributed by atoms with Gasteiger partial charge < -0.3 is 5.32 Å². The van der Waals surface area contributed by atoms with Crippen LogP contribution in [0.5, 0.6) is 0 Å². The van der Waals surface area contributed by atoms with Gasteiger partial charge in [0.05, 0.1) is 15.2 Å². The van der Waals surface area contributed by atoms with Crippen molar-refractivity contribution in [2.45, 2.75) is 19.4 Å². The maximum absolute atomic E-state index is 13.3. The SMILES string of the molecule is CNC(Cc1nc2ccccc2s1)c1ccc(F)cc1C. The van der Waals surface area contributed by atoms with Crippen LogP contribution >= 0.6 is 11.3 Å². The lowest BCUT2D eigenvalue weighted by atomic mass is 9.99. The van der Waals surface area contributed by atoms with Gasteiger partial charge in [-0.15, -0.1) is 11.3 Å². The first-order valence-corrected chi connectivity index (χ1v) is 7.77. The van der Waals surface area contributed by atoms with Crippen LogP contribution in [0.15, 0.2) is 42.5 Å². The van der Waals surface area contributed by atoms with E-state index in [1.165, 1.54) is 10.8 Å². The molecule has 1 atom stereocenters. The standard InChI is InChI=1S/C17H17FN2S/c1-11-9-12(18)7-8-13(11)15(19-2)10-17-20-14-5-3-4-6-16(14)21-17/h3-9,15,19H,10H2,1-2H3. The molecule has 2 nitrogen and oxygen atoms in total. The number of likely N-dealkylation sites (N-methyl/N-ethyl adjacent to an activating group) is 1. The highest BCUT2D eigenvalue weighted by Crippen LogP contribution is 2.27. The Morgan fingerprint density at radius 2 is 2.05 bits per heavy atom. The number of para-hydroxylation sites is 1.